The number of rotatable bonds is 2. The van der Waals surface area contributed by atoms with Gasteiger partial charge in [0.1, 0.15) is 5.82 Å². The highest BCUT2D eigenvalue weighted by molar-refractivity contribution is 5.66. The average Bonchev–Trinajstić information content (AvgIpc) is 2.59. The van der Waals surface area contributed by atoms with Gasteiger partial charge in [0.15, 0.2) is 0 Å². The van der Waals surface area contributed by atoms with Gasteiger partial charge in [-0.1, -0.05) is 6.07 Å². The first-order valence-corrected chi connectivity index (χ1v) is 4.84. The van der Waals surface area contributed by atoms with Gasteiger partial charge in [0, 0.05) is 30.6 Å². The predicted molar refractivity (Wildman–Crippen MR) is 54.3 cm³/mol. The molecule has 1 heterocycles. The Morgan fingerprint density at radius 1 is 1.67 bits per heavy atom. The molecule has 0 saturated carbocycles. The van der Waals surface area contributed by atoms with Crippen molar-refractivity contribution in [2.75, 3.05) is 18.5 Å². The molecule has 15 heavy (non-hydrogen) atoms. The number of nitrogens with one attached hydrogen (secondary N) is 1. The summed E-state index contributed by atoms with van der Waals surface area (Å²) in [6.07, 6.45) is 0. The van der Waals surface area contributed by atoms with Crippen LogP contribution in [0.5, 0.6) is 0 Å². The minimum Gasteiger partial charge on any atom is -0.465 e. The Kier molecular flexibility index (Phi) is 2.58. The fourth-order valence-corrected chi connectivity index (χ4v) is 1.80. The van der Waals surface area contributed by atoms with E-state index in [9.17, 15) is 9.18 Å². The van der Waals surface area contributed by atoms with Crippen LogP contribution in [-0.4, -0.2) is 19.1 Å². The Morgan fingerprint density at radius 2 is 2.47 bits per heavy atom. The van der Waals surface area contributed by atoms with Gasteiger partial charge in [-0.05, 0) is 12.1 Å². The van der Waals surface area contributed by atoms with E-state index >= 15 is 0 Å². The molecule has 0 aliphatic carbocycles. The maximum absolute atomic E-state index is 13.5. The van der Waals surface area contributed by atoms with Gasteiger partial charge in [-0.2, -0.15) is 0 Å². The van der Waals surface area contributed by atoms with Gasteiger partial charge < -0.3 is 10.1 Å². The Bertz CT molecular complexity index is 392. The van der Waals surface area contributed by atoms with E-state index in [1.54, 1.807) is 6.07 Å². The molecule has 1 aromatic rings. The SMILES string of the molecule is CC(=O)OCC1CNc2cccc(F)c21. The van der Waals surface area contributed by atoms with Crippen molar-refractivity contribution in [1.29, 1.82) is 0 Å². The molecule has 1 N–H and O–H groups in total. The molecular formula is C11H12FNO2. The molecular weight excluding hydrogens is 197 g/mol. The average molecular weight is 209 g/mol. The van der Waals surface area contributed by atoms with Crippen LogP contribution in [0, 0.1) is 5.82 Å². The highest BCUT2D eigenvalue weighted by Gasteiger charge is 2.26. The Labute approximate surface area is 87.2 Å². The molecule has 0 spiro atoms. The predicted octanol–water partition coefficient (Wildman–Crippen LogP) is 1.90. The highest BCUT2D eigenvalue weighted by atomic mass is 19.1. The van der Waals surface area contributed by atoms with Gasteiger partial charge in [-0.15, -0.1) is 0 Å². The lowest BCUT2D eigenvalue weighted by molar-refractivity contribution is -0.141. The molecule has 0 radical (unpaired) electrons. The summed E-state index contributed by atoms with van der Waals surface area (Å²) in [7, 11) is 0. The van der Waals surface area contributed by atoms with E-state index < -0.39 is 0 Å². The number of carbonyl (C=O) groups excluding carboxylic acids is 1. The van der Waals surface area contributed by atoms with E-state index in [1.165, 1.54) is 13.0 Å². The van der Waals surface area contributed by atoms with Gasteiger partial charge >= 0.3 is 5.97 Å². The van der Waals surface area contributed by atoms with Crippen LogP contribution >= 0.6 is 0 Å². The molecule has 3 nitrogen and oxygen atoms in total. The molecule has 2 rings (SSSR count). The summed E-state index contributed by atoms with van der Waals surface area (Å²) in [5, 5.41) is 3.08. The van der Waals surface area contributed by atoms with Crippen LogP contribution in [0.2, 0.25) is 0 Å². The Balaban J connectivity index is 2.17. The molecule has 0 aromatic heterocycles. The third kappa shape index (κ3) is 1.93. The Morgan fingerprint density at radius 3 is 3.20 bits per heavy atom. The number of hydrogen-bond acceptors (Lipinski definition) is 3. The Hall–Kier alpha value is -1.58. The van der Waals surface area contributed by atoms with E-state index in [1.807, 2.05) is 6.07 Å². The number of halogens is 1. The third-order valence-corrected chi connectivity index (χ3v) is 2.49. The number of anilines is 1. The van der Waals surface area contributed by atoms with Crippen LogP contribution in [0.25, 0.3) is 0 Å². The molecule has 1 atom stereocenters. The first-order chi connectivity index (χ1) is 7.18. The lowest BCUT2D eigenvalue weighted by atomic mass is 10.0. The number of carbonyl (C=O) groups is 1. The summed E-state index contributed by atoms with van der Waals surface area (Å²) in [4.78, 5) is 10.7. The molecule has 0 amide bonds. The van der Waals surface area contributed by atoms with Crippen molar-refractivity contribution in [3.8, 4) is 0 Å². The minimum atomic E-state index is -0.334. The van der Waals surface area contributed by atoms with Crippen LogP contribution in [0.3, 0.4) is 0 Å². The second kappa shape index (κ2) is 3.88. The summed E-state index contributed by atoms with van der Waals surface area (Å²) in [6.45, 7) is 2.20. The quantitative estimate of drug-likeness (QED) is 0.756. The van der Waals surface area contributed by atoms with Crippen molar-refractivity contribution >= 4 is 11.7 Å². The monoisotopic (exact) mass is 209 g/mol. The standard InChI is InChI=1S/C11H12FNO2/c1-7(14)15-6-8-5-13-10-4-2-3-9(12)11(8)10/h2-4,8,13H,5-6H2,1H3. The third-order valence-electron chi connectivity index (χ3n) is 2.49. The molecule has 4 heteroatoms. The number of benzene rings is 1. The second-order valence-corrected chi connectivity index (χ2v) is 3.58. The highest BCUT2D eigenvalue weighted by Crippen LogP contribution is 2.33. The maximum Gasteiger partial charge on any atom is 0.302 e. The zero-order chi connectivity index (χ0) is 10.8. The molecule has 0 fully saturated rings. The topological polar surface area (TPSA) is 38.3 Å². The van der Waals surface area contributed by atoms with Crippen LogP contribution < -0.4 is 5.32 Å². The van der Waals surface area contributed by atoms with Gasteiger partial charge in [0.05, 0.1) is 6.61 Å². The molecule has 0 bridgehead atoms. The first kappa shape index (κ1) is 9.96. The van der Waals surface area contributed by atoms with Crippen molar-refractivity contribution in [1.82, 2.24) is 0 Å². The van der Waals surface area contributed by atoms with E-state index in [0.29, 0.717) is 12.1 Å². The van der Waals surface area contributed by atoms with E-state index in [-0.39, 0.29) is 24.3 Å². The van der Waals surface area contributed by atoms with Gasteiger partial charge in [0.25, 0.3) is 0 Å². The van der Waals surface area contributed by atoms with Crippen LogP contribution in [0.15, 0.2) is 18.2 Å². The zero-order valence-corrected chi connectivity index (χ0v) is 8.42. The molecule has 80 valence electrons. The zero-order valence-electron chi connectivity index (χ0n) is 8.42. The van der Waals surface area contributed by atoms with Gasteiger partial charge in [-0.3, -0.25) is 4.79 Å². The molecule has 1 aliphatic heterocycles. The van der Waals surface area contributed by atoms with Gasteiger partial charge in [0.2, 0.25) is 0 Å². The summed E-state index contributed by atoms with van der Waals surface area (Å²) >= 11 is 0. The molecule has 1 unspecified atom stereocenters. The smallest absolute Gasteiger partial charge is 0.302 e. The minimum absolute atomic E-state index is 0.0786. The summed E-state index contributed by atoms with van der Waals surface area (Å²) in [5.41, 5.74) is 1.42. The maximum atomic E-state index is 13.5. The largest absolute Gasteiger partial charge is 0.465 e. The lowest BCUT2D eigenvalue weighted by Gasteiger charge is -2.10. The first-order valence-electron chi connectivity index (χ1n) is 4.84. The fraction of sp³-hybridized carbons (Fsp3) is 0.364. The molecule has 1 aromatic carbocycles. The van der Waals surface area contributed by atoms with Gasteiger partial charge in [-0.25, -0.2) is 4.39 Å². The molecule has 0 saturated heterocycles. The van der Waals surface area contributed by atoms with Crippen molar-refractivity contribution in [2.24, 2.45) is 0 Å². The van der Waals surface area contributed by atoms with Crippen LogP contribution in [0.4, 0.5) is 10.1 Å². The van der Waals surface area contributed by atoms with E-state index in [4.69, 9.17) is 4.74 Å². The van der Waals surface area contributed by atoms with Crippen molar-refractivity contribution in [3.63, 3.8) is 0 Å². The number of hydrogen-bond donors (Lipinski definition) is 1. The van der Waals surface area contributed by atoms with E-state index in [2.05, 4.69) is 5.32 Å². The second-order valence-electron chi connectivity index (χ2n) is 3.58. The van der Waals surface area contributed by atoms with Crippen molar-refractivity contribution in [3.05, 3.63) is 29.6 Å². The summed E-state index contributed by atoms with van der Waals surface area (Å²) in [5.74, 6) is -0.653. The van der Waals surface area contributed by atoms with E-state index in [0.717, 1.165) is 5.69 Å². The normalized spacial score (nSPS) is 18.1. The van der Waals surface area contributed by atoms with Crippen LogP contribution in [-0.2, 0) is 9.53 Å². The summed E-state index contributed by atoms with van der Waals surface area (Å²) in [6, 6.07) is 4.91. The lowest BCUT2D eigenvalue weighted by Crippen LogP contribution is -2.13. The number of ether oxygens (including phenoxy) is 1. The number of fused-ring (bicyclic) bond motifs is 1. The molecule has 1 aliphatic rings. The van der Waals surface area contributed by atoms with Crippen molar-refractivity contribution in [2.45, 2.75) is 12.8 Å². The van der Waals surface area contributed by atoms with Crippen LogP contribution in [0.1, 0.15) is 18.4 Å². The number of esters is 1. The summed E-state index contributed by atoms with van der Waals surface area (Å²) < 4.78 is 18.4. The van der Waals surface area contributed by atoms with Crippen molar-refractivity contribution < 1.29 is 13.9 Å². The fourth-order valence-electron chi connectivity index (χ4n) is 1.80.